The second kappa shape index (κ2) is 5.97. The van der Waals surface area contributed by atoms with Gasteiger partial charge in [0, 0.05) is 18.6 Å². The molecule has 0 aliphatic rings. The van der Waals surface area contributed by atoms with Gasteiger partial charge < -0.3 is 10.0 Å². The molecule has 0 fully saturated rings. The molecular weight excluding hydrogens is 274 g/mol. The number of aromatic carboxylic acids is 1. The van der Waals surface area contributed by atoms with E-state index < -0.39 is 5.97 Å². The van der Waals surface area contributed by atoms with Gasteiger partial charge in [0.25, 0.3) is 0 Å². The first-order valence-electron chi connectivity index (χ1n) is 6.27. The van der Waals surface area contributed by atoms with Crippen LogP contribution in [0.15, 0.2) is 42.5 Å². The standard InChI is InChI=1S/C16H16ClNO2/c1-11-3-8-14(16(19)20)15(9-11)18(2)10-12-4-6-13(17)7-5-12/h3-9H,10H2,1-2H3,(H,19,20). The average Bonchev–Trinajstić information content (AvgIpc) is 2.41. The number of carbonyl (C=O) groups is 1. The van der Waals surface area contributed by atoms with Crippen LogP contribution in [0.3, 0.4) is 0 Å². The third kappa shape index (κ3) is 3.31. The maximum atomic E-state index is 11.3. The number of aryl methyl sites for hydroxylation is 1. The Hall–Kier alpha value is -2.00. The van der Waals surface area contributed by atoms with Gasteiger partial charge in [0.2, 0.25) is 0 Å². The van der Waals surface area contributed by atoms with Crippen LogP contribution >= 0.6 is 11.6 Å². The van der Waals surface area contributed by atoms with Crippen LogP contribution in [0.5, 0.6) is 0 Å². The van der Waals surface area contributed by atoms with Crippen LogP contribution in [0, 0.1) is 6.92 Å². The van der Waals surface area contributed by atoms with Crippen molar-refractivity contribution in [2.75, 3.05) is 11.9 Å². The zero-order valence-corrected chi connectivity index (χ0v) is 12.2. The summed E-state index contributed by atoms with van der Waals surface area (Å²) in [6.45, 7) is 2.58. The molecule has 0 spiro atoms. The van der Waals surface area contributed by atoms with Crippen LogP contribution in [-0.4, -0.2) is 18.1 Å². The Balaban J connectivity index is 2.28. The van der Waals surface area contributed by atoms with Crippen LogP contribution in [0.25, 0.3) is 0 Å². The number of halogens is 1. The fraction of sp³-hybridized carbons (Fsp3) is 0.188. The van der Waals surface area contributed by atoms with Gasteiger partial charge in [0.1, 0.15) is 0 Å². The monoisotopic (exact) mass is 289 g/mol. The van der Waals surface area contributed by atoms with Crippen molar-refractivity contribution in [3.8, 4) is 0 Å². The molecule has 3 nitrogen and oxygen atoms in total. The molecule has 4 heteroatoms. The van der Waals surface area contributed by atoms with Crippen LogP contribution in [0.2, 0.25) is 5.02 Å². The number of nitrogens with zero attached hydrogens (tertiary/aromatic N) is 1. The summed E-state index contributed by atoms with van der Waals surface area (Å²) in [7, 11) is 1.88. The van der Waals surface area contributed by atoms with E-state index in [1.807, 2.05) is 55.3 Å². The van der Waals surface area contributed by atoms with Crippen molar-refractivity contribution in [3.05, 3.63) is 64.2 Å². The molecule has 0 unspecified atom stereocenters. The van der Waals surface area contributed by atoms with E-state index in [1.165, 1.54) is 0 Å². The van der Waals surface area contributed by atoms with Crippen LogP contribution < -0.4 is 4.90 Å². The highest BCUT2D eigenvalue weighted by atomic mass is 35.5. The minimum Gasteiger partial charge on any atom is -0.478 e. The lowest BCUT2D eigenvalue weighted by atomic mass is 10.1. The number of hydrogen-bond acceptors (Lipinski definition) is 2. The van der Waals surface area contributed by atoms with Crippen LogP contribution in [0.1, 0.15) is 21.5 Å². The van der Waals surface area contributed by atoms with E-state index in [-0.39, 0.29) is 0 Å². The van der Waals surface area contributed by atoms with E-state index in [9.17, 15) is 9.90 Å². The van der Waals surface area contributed by atoms with E-state index >= 15 is 0 Å². The van der Waals surface area contributed by atoms with Gasteiger partial charge in [-0.15, -0.1) is 0 Å². The summed E-state index contributed by atoms with van der Waals surface area (Å²) in [6.07, 6.45) is 0. The number of carboxylic acids is 1. The number of benzene rings is 2. The van der Waals surface area contributed by atoms with Crippen LogP contribution in [0.4, 0.5) is 5.69 Å². The molecule has 0 aromatic heterocycles. The van der Waals surface area contributed by atoms with Crippen molar-refractivity contribution in [1.29, 1.82) is 0 Å². The maximum absolute atomic E-state index is 11.3. The van der Waals surface area contributed by atoms with Crippen molar-refractivity contribution in [3.63, 3.8) is 0 Å². The van der Waals surface area contributed by atoms with Gasteiger partial charge in [-0.2, -0.15) is 0 Å². The van der Waals surface area contributed by atoms with Gasteiger partial charge in [-0.25, -0.2) is 4.79 Å². The first kappa shape index (κ1) is 14.4. The Labute approximate surface area is 123 Å². The first-order valence-corrected chi connectivity index (χ1v) is 6.64. The molecular formula is C16H16ClNO2. The molecule has 104 valence electrons. The Morgan fingerprint density at radius 1 is 1.20 bits per heavy atom. The van der Waals surface area contributed by atoms with Gasteiger partial charge in [0.05, 0.1) is 11.3 Å². The zero-order valence-electron chi connectivity index (χ0n) is 11.4. The predicted octanol–water partition coefficient (Wildman–Crippen LogP) is 3.98. The molecule has 2 aromatic rings. The fourth-order valence-corrected chi connectivity index (χ4v) is 2.21. The summed E-state index contributed by atoms with van der Waals surface area (Å²) in [6, 6.07) is 12.9. The highest BCUT2D eigenvalue weighted by Gasteiger charge is 2.13. The predicted molar refractivity (Wildman–Crippen MR) is 81.7 cm³/mol. The van der Waals surface area contributed by atoms with Crippen molar-refractivity contribution >= 4 is 23.3 Å². The molecule has 0 saturated carbocycles. The summed E-state index contributed by atoms with van der Waals surface area (Å²) >= 11 is 5.86. The van der Waals surface area contributed by atoms with E-state index in [1.54, 1.807) is 6.07 Å². The summed E-state index contributed by atoms with van der Waals surface area (Å²) in [5.41, 5.74) is 3.14. The van der Waals surface area contributed by atoms with E-state index in [2.05, 4.69) is 0 Å². The Morgan fingerprint density at radius 2 is 1.85 bits per heavy atom. The highest BCUT2D eigenvalue weighted by molar-refractivity contribution is 6.30. The summed E-state index contributed by atoms with van der Waals surface area (Å²) in [5, 5.41) is 9.96. The molecule has 0 aliphatic heterocycles. The third-order valence-electron chi connectivity index (χ3n) is 3.13. The second-order valence-corrected chi connectivity index (χ2v) is 5.24. The van der Waals surface area contributed by atoms with Gasteiger partial charge in [-0.3, -0.25) is 0 Å². The summed E-state index contributed by atoms with van der Waals surface area (Å²) in [5.74, 6) is -0.914. The minimum atomic E-state index is -0.914. The molecule has 0 saturated heterocycles. The number of anilines is 1. The van der Waals surface area contributed by atoms with Crippen molar-refractivity contribution in [2.24, 2.45) is 0 Å². The smallest absolute Gasteiger partial charge is 0.337 e. The molecule has 1 N–H and O–H groups in total. The van der Waals surface area contributed by atoms with Gasteiger partial charge >= 0.3 is 5.97 Å². The average molecular weight is 290 g/mol. The second-order valence-electron chi connectivity index (χ2n) is 4.81. The molecule has 0 heterocycles. The van der Waals surface area contributed by atoms with Crippen molar-refractivity contribution in [2.45, 2.75) is 13.5 Å². The lowest BCUT2D eigenvalue weighted by molar-refractivity contribution is 0.0697. The first-order chi connectivity index (χ1) is 9.47. The molecule has 0 radical (unpaired) electrons. The highest BCUT2D eigenvalue weighted by Crippen LogP contribution is 2.23. The van der Waals surface area contributed by atoms with Crippen molar-refractivity contribution < 1.29 is 9.90 Å². The lowest BCUT2D eigenvalue weighted by Crippen LogP contribution is -2.19. The Bertz CT molecular complexity index is 623. The fourth-order valence-electron chi connectivity index (χ4n) is 2.09. The maximum Gasteiger partial charge on any atom is 0.337 e. The Morgan fingerprint density at radius 3 is 2.45 bits per heavy atom. The molecule has 20 heavy (non-hydrogen) atoms. The van der Waals surface area contributed by atoms with E-state index in [0.717, 1.165) is 11.1 Å². The zero-order chi connectivity index (χ0) is 14.7. The number of hydrogen-bond donors (Lipinski definition) is 1. The SMILES string of the molecule is Cc1ccc(C(=O)O)c(N(C)Cc2ccc(Cl)cc2)c1. The normalized spacial score (nSPS) is 10.3. The molecule has 0 aliphatic carbocycles. The molecule has 0 amide bonds. The van der Waals surface area contributed by atoms with Gasteiger partial charge in [-0.1, -0.05) is 29.8 Å². The molecule has 0 bridgehead atoms. The topological polar surface area (TPSA) is 40.5 Å². The van der Waals surface area contributed by atoms with Crippen LogP contribution in [-0.2, 0) is 6.54 Å². The number of rotatable bonds is 4. The minimum absolute atomic E-state index is 0.312. The van der Waals surface area contributed by atoms with Gasteiger partial charge in [-0.05, 0) is 42.3 Å². The largest absolute Gasteiger partial charge is 0.478 e. The van der Waals surface area contributed by atoms with Crippen molar-refractivity contribution in [1.82, 2.24) is 0 Å². The lowest BCUT2D eigenvalue weighted by Gasteiger charge is -2.22. The molecule has 0 atom stereocenters. The third-order valence-corrected chi connectivity index (χ3v) is 3.38. The Kier molecular flexibility index (Phi) is 4.30. The summed E-state index contributed by atoms with van der Waals surface area (Å²) < 4.78 is 0. The number of carboxylic acid groups (broad SMARTS) is 1. The van der Waals surface area contributed by atoms with E-state index in [0.29, 0.717) is 22.8 Å². The molecule has 2 aromatic carbocycles. The van der Waals surface area contributed by atoms with Gasteiger partial charge in [0.15, 0.2) is 0 Å². The quantitative estimate of drug-likeness (QED) is 0.925. The van der Waals surface area contributed by atoms with E-state index in [4.69, 9.17) is 11.6 Å². The molecule has 2 rings (SSSR count). The summed E-state index contributed by atoms with van der Waals surface area (Å²) in [4.78, 5) is 13.2.